The Morgan fingerprint density at radius 3 is 2.94 bits per heavy atom. The van der Waals surface area contributed by atoms with E-state index in [1.54, 1.807) is 4.90 Å². The van der Waals surface area contributed by atoms with Crippen molar-refractivity contribution in [3.05, 3.63) is 59.0 Å². The van der Waals surface area contributed by atoms with Crippen molar-refractivity contribution in [1.82, 2.24) is 20.2 Å². The van der Waals surface area contributed by atoms with Crippen LogP contribution in [-0.4, -0.2) is 53.2 Å². The molecule has 0 aliphatic carbocycles. The van der Waals surface area contributed by atoms with Crippen molar-refractivity contribution in [3.63, 3.8) is 0 Å². The standard InChI is InChI=1S/C24H23ClN6O2/c25-23-28-20-15-30(21-7-3-5-16-4-1-2-6-18(16)21)12-9-19(20)22(29-23)33-24(32)31-13-11-27-14-17(31)8-10-26/h1-7,17,27H,8-9,11-15H2. The van der Waals surface area contributed by atoms with Crippen LogP contribution in [0.4, 0.5) is 10.5 Å². The van der Waals surface area contributed by atoms with Gasteiger partial charge in [-0.3, -0.25) is 0 Å². The maximum atomic E-state index is 12.9. The van der Waals surface area contributed by atoms with E-state index in [4.69, 9.17) is 21.6 Å². The van der Waals surface area contributed by atoms with Gasteiger partial charge in [-0.2, -0.15) is 10.2 Å². The van der Waals surface area contributed by atoms with Gasteiger partial charge in [0.25, 0.3) is 0 Å². The molecular weight excluding hydrogens is 440 g/mol. The van der Waals surface area contributed by atoms with Gasteiger partial charge in [0.2, 0.25) is 11.2 Å². The molecule has 1 N–H and O–H groups in total. The predicted octanol–water partition coefficient (Wildman–Crippen LogP) is 3.53. The molecule has 9 heteroatoms. The third-order valence-corrected chi connectivity index (χ3v) is 6.37. The Hall–Kier alpha value is -3.41. The molecule has 33 heavy (non-hydrogen) atoms. The summed E-state index contributed by atoms with van der Waals surface area (Å²) in [5.41, 5.74) is 2.69. The van der Waals surface area contributed by atoms with Gasteiger partial charge in [-0.15, -0.1) is 0 Å². The fraction of sp³-hybridized carbons (Fsp3) is 0.333. The van der Waals surface area contributed by atoms with E-state index in [0.29, 0.717) is 32.6 Å². The van der Waals surface area contributed by atoms with Crippen LogP contribution in [0.1, 0.15) is 17.7 Å². The maximum Gasteiger partial charge on any atom is 0.416 e. The molecule has 1 atom stereocenters. The molecule has 5 rings (SSSR count). The number of nitriles is 1. The topological polar surface area (TPSA) is 94.4 Å². The number of rotatable bonds is 3. The molecule has 0 radical (unpaired) electrons. The van der Waals surface area contributed by atoms with Crippen LogP contribution in [0.25, 0.3) is 10.8 Å². The van der Waals surface area contributed by atoms with Crippen LogP contribution in [0.15, 0.2) is 42.5 Å². The van der Waals surface area contributed by atoms with Crippen molar-refractivity contribution in [3.8, 4) is 11.9 Å². The van der Waals surface area contributed by atoms with Crippen LogP contribution in [0.5, 0.6) is 5.88 Å². The Bertz CT molecular complexity index is 1240. The molecule has 1 saturated heterocycles. The Kier molecular flexibility index (Phi) is 5.99. The number of piperazine rings is 1. The normalized spacial score (nSPS) is 18.0. The number of fused-ring (bicyclic) bond motifs is 2. The van der Waals surface area contributed by atoms with Crippen LogP contribution >= 0.6 is 11.6 Å². The van der Waals surface area contributed by atoms with E-state index in [0.717, 1.165) is 23.5 Å². The zero-order chi connectivity index (χ0) is 22.8. The molecule has 0 saturated carbocycles. The average Bonchev–Trinajstić information content (AvgIpc) is 2.83. The first-order valence-corrected chi connectivity index (χ1v) is 11.4. The number of hydrogen-bond donors (Lipinski definition) is 1. The lowest BCUT2D eigenvalue weighted by Crippen LogP contribution is -2.54. The monoisotopic (exact) mass is 462 g/mol. The van der Waals surface area contributed by atoms with Gasteiger partial charge in [-0.1, -0.05) is 36.4 Å². The van der Waals surface area contributed by atoms with Crippen molar-refractivity contribution in [2.75, 3.05) is 31.1 Å². The molecule has 1 fully saturated rings. The van der Waals surface area contributed by atoms with Gasteiger partial charge < -0.3 is 19.9 Å². The second kappa shape index (κ2) is 9.22. The number of carbonyl (C=O) groups excluding carboxylic acids is 1. The smallest absolute Gasteiger partial charge is 0.391 e. The number of benzene rings is 2. The Labute approximate surface area is 196 Å². The SMILES string of the molecule is N#CCC1CNCCN1C(=O)Oc1nc(Cl)nc2c1CCN(c1cccc3ccccc13)C2. The van der Waals surface area contributed by atoms with Gasteiger partial charge in [0.05, 0.1) is 30.8 Å². The molecule has 168 valence electrons. The van der Waals surface area contributed by atoms with E-state index in [1.165, 1.54) is 10.8 Å². The Morgan fingerprint density at radius 1 is 1.21 bits per heavy atom. The van der Waals surface area contributed by atoms with Crippen LogP contribution in [-0.2, 0) is 13.0 Å². The number of aromatic nitrogens is 2. The molecule has 3 heterocycles. The second-order valence-electron chi connectivity index (χ2n) is 8.17. The van der Waals surface area contributed by atoms with E-state index in [2.05, 4.69) is 56.6 Å². The zero-order valence-electron chi connectivity index (χ0n) is 18.0. The number of ether oxygens (including phenoxy) is 1. The van der Waals surface area contributed by atoms with Crippen molar-refractivity contribution >= 4 is 34.2 Å². The number of anilines is 1. The third kappa shape index (κ3) is 4.30. The minimum absolute atomic E-state index is 0.0465. The fourth-order valence-corrected chi connectivity index (χ4v) is 4.75. The number of nitrogens with one attached hydrogen (secondary N) is 1. The first-order valence-electron chi connectivity index (χ1n) is 11.0. The summed E-state index contributed by atoms with van der Waals surface area (Å²) < 4.78 is 5.72. The summed E-state index contributed by atoms with van der Waals surface area (Å²) in [5.74, 6) is 0.210. The summed E-state index contributed by atoms with van der Waals surface area (Å²) in [6.07, 6.45) is 0.358. The highest BCUT2D eigenvalue weighted by molar-refractivity contribution is 6.28. The lowest BCUT2D eigenvalue weighted by atomic mass is 10.0. The van der Waals surface area contributed by atoms with Crippen molar-refractivity contribution < 1.29 is 9.53 Å². The minimum Gasteiger partial charge on any atom is -0.391 e. The van der Waals surface area contributed by atoms with Gasteiger partial charge >= 0.3 is 6.09 Å². The lowest BCUT2D eigenvalue weighted by molar-refractivity contribution is 0.118. The molecule has 1 aromatic heterocycles. The third-order valence-electron chi connectivity index (χ3n) is 6.20. The van der Waals surface area contributed by atoms with E-state index >= 15 is 0 Å². The molecule has 8 nitrogen and oxygen atoms in total. The van der Waals surface area contributed by atoms with Gasteiger partial charge in [-0.05, 0) is 29.5 Å². The summed E-state index contributed by atoms with van der Waals surface area (Å²) in [4.78, 5) is 25.5. The quantitative estimate of drug-likeness (QED) is 0.595. The highest BCUT2D eigenvalue weighted by atomic mass is 35.5. The molecule has 2 aliphatic heterocycles. The van der Waals surface area contributed by atoms with Crippen LogP contribution in [0, 0.1) is 11.3 Å². The fourth-order valence-electron chi connectivity index (χ4n) is 4.57. The summed E-state index contributed by atoms with van der Waals surface area (Å²) in [6.45, 7) is 2.97. The number of carbonyl (C=O) groups is 1. The van der Waals surface area contributed by atoms with E-state index < -0.39 is 6.09 Å². The summed E-state index contributed by atoms with van der Waals surface area (Å²) in [7, 11) is 0. The van der Waals surface area contributed by atoms with Crippen molar-refractivity contribution in [1.29, 1.82) is 5.26 Å². The maximum absolute atomic E-state index is 12.9. The molecular formula is C24H23ClN6O2. The van der Waals surface area contributed by atoms with E-state index in [9.17, 15) is 4.79 Å². The average molecular weight is 463 g/mol. The second-order valence-corrected chi connectivity index (χ2v) is 8.51. The van der Waals surface area contributed by atoms with Gasteiger partial charge in [0, 0.05) is 42.8 Å². The predicted molar refractivity (Wildman–Crippen MR) is 125 cm³/mol. The molecule has 2 aromatic carbocycles. The van der Waals surface area contributed by atoms with Gasteiger partial charge in [0.15, 0.2) is 0 Å². The van der Waals surface area contributed by atoms with Crippen molar-refractivity contribution in [2.24, 2.45) is 0 Å². The highest BCUT2D eigenvalue weighted by Crippen LogP contribution is 2.33. The van der Waals surface area contributed by atoms with Crippen LogP contribution < -0.4 is 15.0 Å². The Morgan fingerprint density at radius 2 is 2.06 bits per heavy atom. The lowest BCUT2D eigenvalue weighted by Gasteiger charge is -2.34. The minimum atomic E-state index is -0.509. The van der Waals surface area contributed by atoms with Crippen LogP contribution in [0.3, 0.4) is 0 Å². The number of amides is 1. The summed E-state index contributed by atoms with van der Waals surface area (Å²) >= 11 is 6.22. The van der Waals surface area contributed by atoms with Crippen molar-refractivity contribution in [2.45, 2.75) is 25.4 Å². The number of hydrogen-bond acceptors (Lipinski definition) is 7. The molecule has 1 amide bonds. The van der Waals surface area contributed by atoms with Gasteiger partial charge in [-0.25, -0.2) is 9.78 Å². The first kappa shape index (κ1) is 21.4. The highest BCUT2D eigenvalue weighted by Gasteiger charge is 2.30. The van der Waals surface area contributed by atoms with E-state index in [-0.39, 0.29) is 23.6 Å². The van der Waals surface area contributed by atoms with E-state index in [1.807, 2.05) is 12.1 Å². The number of nitrogens with zero attached hydrogens (tertiary/aromatic N) is 5. The zero-order valence-corrected chi connectivity index (χ0v) is 18.8. The molecule has 3 aromatic rings. The molecule has 1 unspecified atom stereocenters. The summed E-state index contributed by atoms with van der Waals surface area (Å²) in [6, 6.07) is 16.5. The molecule has 0 bridgehead atoms. The summed E-state index contributed by atoms with van der Waals surface area (Å²) in [5, 5.41) is 14.7. The van der Waals surface area contributed by atoms with Crippen LogP contribution in [0.2, 0.25) is 5.28 Å². The van der Waals surface area contributed by atoms with Gasteiger partial charge in [0.1, 0.15) is 0 Å². The first-order chi connectivity index (χ1) is 16.1. The largest absolute Gasteiger partial charge is 0.416 e. The Balaban J connectivity index is 1.40. The molecule has 0 spiro atoms. The number of halogens is 1. The molecule has 2 aliphatic rings.